The second-order valence-electron chi connectivity index (χ2n) is 2.28. The maximum Gasteiger partial charge on any atom is 0.158 e. The van der Waals surface area contributed by atoms with Crippen LogP contribution in [0, 0.1) is 12.3 Å². The van der Waals surface area contributed by atoms with Crippen molar-refractivity contribution in [1.82, 2.24) is 0 Å². The first-order chi connectivity index (χ1) is 5.34. The van der Waals surface area contributed by atoms with Crippen LogP contribution in [0.4, 0.5) is 0 Å². The number of thioether (sulfide) groups is 2. The number of carbonyl (C=O) groups is 1. The number of rotatable bonds is 2. The van der Waals surface area contributed by atoms with Crippen LogP contribution in [-0.2, 0) is 4.79 Å². The van der Waals surface area contributed by atoms with E-state index >= 15 is 0 Å². The Bertz CT molecular complexity index is 177. The normalized spacial score (nSPS) is 24.1. The van der Waals surface area contributed by atoms with E-state index < -0.39 is 0 Å². The highest BCUT2D eigenvalue weighted by Gasteiger charge is 2.20. The van der Waals surface area contributed by atoms with Crippen LogP contribution in [0.15, 0.2) is 0 Å². The topological polar surface area (TPSA) is 17.1 Å². The lowest BCUT2D eigenvalue weighted by atomic mass is 10.2. The summed E-state index contributed by atoms with van der Waals surface area (Å²) in [6, 6.07) is 0. The van der Waals surface area contributed by atoms with Gasteiger partial charge in [-0.1, -0.05) is 5.92 Å². The zero-order chi connectivity index (χ0) is 8.10. The predicted octanol–water partition coefficient (Wildman–Crippen LogP) is 1.43. The minimum Gasteiger partial charge on any atom is -0.297 e. The Morgan fingerprint density at radius 2 is 2.45 bits per heavy atom. The third kappa shape index (κ3) is 2.80. The van der Waals surface area contributed by atoms with Gasteiger partial charge in [0.2, 0.25) is 0 Å². The standard InChI is InChI=1S/C8H10OS2/c1-2-3-7(9)8-6-10-4-5-11-8/h1,8H,3-6H2. The Morgan fingerprint density at radius 3 is 3.00 bits per heavy atom. The van der Waals surface area contributed by atoms with Crippen molar-refractivity contribution in [3.63, 3.8) is 0 Å². The Morgan fingerprint density at radius 1 is 1.64 bits per heavy atom. The van der Waals surface area contributed by atoms with Gasteiger partial charge in [-0.2, -0.15) is 11.8 Å². The first-order valence-electron chi connectivity index (χ1n) is 3.50. The number of ketones is 1. The summed E-state index contributed by atoms with van der Waals surface area (Å²) in [6.45, 7) is 0. The summed E-state index contributed by atoms with van der Waals surface area (Å²) in [5, 5.41) is 0.171. The van der Waals surface area contributed by atoms with Crippen molar-refractivity contribution in [3.8, 4) is 12.3 Å². The van der Waals surface area contributed by atoms with E-state index in [1.54, 1.807) is 11.8 Å². The second kappa shape index (κ2) is 4.74. The molecule has 1 aliphatic heterocycles. The van der Waals surface area contributed by atoms with E-state index in [0.29, 0.717) is 6.42 Å². The molecule has 1 nitrogen and oxygen atoms in total. The zero-order valence-electron chi connectivity index (χ0n) is 6.21. The average Bonchev–Trinajstić information content (AvgIpc) is 2.07. The maximum atomic E-state index is 11.2. The molecule has 1 rings (SSSR count). The van der Waals surface area contributed by atoms with Crippen molar-refractivity contribution in [2.45, 2.75) is 11.7 Å². The SMILES string of the molecule is C#CCC(=O)C1CSCCS1. The molecule has 0 bridgehead atoms. The summed E-state index contributed by atoms with van der Waals surface area (Å²) >= 11 is 3.59. The molecule has 0 N–H and O–H groups in total. The number of hydrogen-bond donors (Lipinski definition) is 0. The molecular weight excluding hydrogens is 176 g/mol. The first-order valence-corrected chi connectivity index (χ1v) is 5.70. The molecule has 1 saturated heterocycles. The summed E-state index contributed by atoms with van der Waals surface area (Å²) in [6.07, 6.45) is 5.35. The highest BCUT2D eigenvalue weighted by atomic mass is 32.2. The van der Waals surface area contributed by atoms with E-state index in [4.69, 9.17) is 6.42 Å². The summed E-state index contributed by atoms with van der Waals surface area (Å²) in [5.74, 6) is 5.83. The third-order valence-corrected chi connectivity index (χ3v) is 4.25. The van der Waals surface area contributed by atoms with E-state index in [1.165, 1.54) is 5.75 Å². The van der Waals surface area contributed by atoms with Crippen LogP contribution in [0.25, 0.3) is 0 Å². The van der Waals surface area contributed by atoms with E-state index in [1.807, 2.05) is 11.8 Å². The fourth-order valence-corrected chi connectivity index (χ4v) is 3.54. The van der Waals surface area contributed by atoms with Crippen molar-refractivity contribution < 1.29 is 4.79 Å². The van der Waals surface area contributed by atoms with Crippen molar-refractivity contribution in [1.29, 1.82) is 0 Å². The number of Topliss-reactive ketones (excluding diaryl/α,β-unsaturated/α-hetero) is 1. The van der Waals surface area contributed by atoms with Crippen LogP contribution < -0.4 is 0 Å². The van der Waals surface area contributed by atoms with Crippen LogP contribution in [0.1, 0.15) is 6.42 Å². The van der Waals surface area contributed by atoms with Gasteiger partial charge in [-0.05, 0) is 0 Å². The molecule has 1 heterocycles. The highest BCUT2D eigenvalue weighted by molar-refractivity contribution is 8.07. The molecule has 0 amide bonds. The lowest BCUT2D eigenvalue weighted by molar-refractivity contribution is -0.117. The van der Waals surface area contributed by atoms with Gasteiger partial charge in [-0.3, -0.25) is 4.79 Å². The van der Waals surface area contributed by atoms with E-state index in [2.05, 4.69) is 5.92 Å². The Kier molecular flexibility index (Phi) is 3.88. The van der Waals surface area contributed by atoms with Crippen molar-refractivity contribution in [2.24, 2.45) is 0 Å². The molecule has 0 aromatic heterocycles. The lowest BCUT2D eigenvalue weighted by Crippen LogP contribution is -2.23. The molecule has 60 valence electrons. The minimum absolute atomic E-state index is 0.171. The number of carbonyl (C=O) groups excluding carboxylic acids is 1. The molecule has 0 spiro atoms. The molecule has 1 aliphatic rings. The lowest BCUT2D eigenvalue weighted by Gasteiger charge is -2.18. The van der Waals surface area contributed by atoms with Gasteiger partial charge in [0.15, 0.2) is 5.78 Å². The van der Waals surface area contributed by atoms with Crippen molar-refractivity contribution >= 4 is 29.3 Å². The van der Waals surface area contributed by atoms with Gasteiger partial charge in [0.1, 0.15) is 0 Å². The third-order valence-electron chi connectivity index (χ3n) is 1.45. The summed E-state index contributed by atoms with van der Waals surface area (Å²) in [5.41, 5.74) is 0. The molecule has 1 fully saturated rings. The Balaban J connectivity index is 2.34. The Labute approximate surface area is 75.7 Å². The molecule has 0 radical (unpaired) electrons. The number of hydrogen-bond acceptors (Lipinski definition) is 3. The van der Waals surface area contributed by atoms with Crippen LogP contribution in [0.2, 0.25) is 0 Å². The zero-order valence-corrected chi connectivity index (χ0v) is 7.84. The molecule has 1 atom stereocenters. The molecule has 0 saturated carbocycles. The highest BCUT2D eigenvalue weighted by Crippen LogP contribution is 2.25. The van der Waals surface area contributed by atoms with E-state index in [-0.39, 0.29) is 11.0 Å². The fraction of sp³-hybridized carbons (Fsp3) is 0.625. The van der Waals surface area contributed by atoms with Gasteiger partial charge in [0, 0.05) is 17.3 Å². The minimum atomic E-state index is 0.171. The average molecular weight is 186 g/mol. The molecule has 1 unspecified atom stereocenters. The molecule has 11 heavy (non-hydrogen) atoms. The van der Waals surface area contributed by atoms with Crippen LogP contribution in [0.3, 0.4) is 0 Å². The Hall–Kier alpha value is -0.0700. The van der Waals surface area contributed by atoms with Crippen molar-refractivity contribution in [3.05, 3.63) is 0 Å². The number of terminal acetylenes is 1. The fourth-order valence-electron chi connectivity index (χ4n) is 0.888. The van der Waals surface area contributed by atoms with Crippen molar-refractivity contribution in [2.75, 3.05) is 17.3 Å². The monoisotopic (exact) mass is 186 g/mol. The summed E-state index contributed by atoms with van der Waals surface area (Å²) < 4.78 is 0. The smallest absolute Gasteiger partial charge is 0.158 e. The van der Waals surface area contributed by atoms with Gasteiger partial charge < -0.3 is 0 Å². The maximum absolute atomic E-state index is 11.2. The molecule has 0 aromatic carbocycles. The molecule has 0 aromatic rings. The largest absolute Gasteiger partial charge is 0.297 e. The van der Waals surface area contributed by atoms with Gasteiger partial charge >= 0.3 is 0 Å². The summed E-state index contributed by atoms with van der Waals surface area (Å²) in [7, 11) is 0. The van der Waals surface area contributed by atoms with Crippen LogP contribution in [0.5, 0.6) is 0 Å². The quantitative estimate of drug-likeness (QED) is 0.607. The van der Waals surface area contributed by atoms with Crippen LogP contribution >= 0.6 is 23.5 Å². The molecule has 0 aliphatic carbocycles. The van der Waals surface area contributed by atoms with E-state index in [0.717, 1.165) is 11.5 Å². The predicted molar refractivity (Wildman–Crippen MR) is 52.0 cm³/mol. The molecular formula is C8H10OS2. The summed E-state index contributed by atoms with van der Waals surface area (Å²) in [4.78, 5) is 11.2. The van der Waals surface area contributed by atoms with Gasteiger partial charge in [-0.25, -0.2) is 0 Å². The first kappa shape index (κ1) is 9.02. The van der Waals surface area contributed by atoms with Gasteiger partial charge in [0.05, 0.1) is 11.7 Å². The van der Waals surface area contributed by atoms with Crippen LogP contribution in [-0.4, -0.2) is 28.3 Å². The van der Waals surface area contributed by atoms with Gasteiger partial charge in [-0.15, -0.1) is 18.2 Å². The molecule has 3 heteroatoms. The van der Waals surface area contributed by atoms with E-state index in [9.17, 15) is 4.79 Å². The van der Waals surface area contributed by atoms with Gasteiger partial charge in [0.25, 0.3) is 0 Å². The second-order valence-corrected chi connectivity index (χ2v) is 4.74.